The molecule has 1 heterocycles. The molecule has 0 aliphatic carbocycles. The first-order chi connectivity index (χ1) is 7.20. The molecule has 0 aliphatic rings. The Morgan fingerprint density at radius 1 is 1.47 bits per heavy atom. The zero-order chi connectivity index (χ0) is 10.8. The van der Waals surface area contributed by atoms with Gasteiger partial charge in [-0.05, 0) is 34.1 Å². The molecule has 5 heteroatoms. The van der Waals surface area contributed by atoms with E-state index >= 15 is 0 Å². The highest BCUT2D eigenvalue weighted by Gasteiger charge is 2.06. The molecule has 0 amide bonds. The Morgan fingerprint density at radius 3 is 2.87 bits per heavy atom. The zero-order valence-corrected chi connectivity index (χ0v) is 9.83. The number of nitriles is 1. The van der Waals surface area contributed by atoms with Crippen LogP contribution in [0.1, 0.15) is 5.56 Å². The maximum Gasteiger partial charge on any atom is 0.101 e. The van der Waals surface area contributed by atoms with Crippen LogP contribution < -0.4 is 0 Å². The van der Waals surface area contributed by atoms with Crippen LogP contribution >= 0.6 is 27.5 Å². The van der Waals surface area contributed by atoms with Gasteiger partial charge in [0.15, 0.2) is 0 Å². The number of halogens is 2. The third-order valence-electron chi connectivity index (χ3n) is 1.88. The highest BCUT2D eigenvalue weighted by Crippen LogP contribution is 2.20. The summed E-state index contributed by atoms with van der Waals surface area (Å²) in [4.78, 5) is 0. The number of aromatic nitrogens is 2. The maximum atomic E-state index is 8.93. The molecule has 0 saturated heterocycles. The first-order valence-corrected chi connectivity index (χ1v) is 5.28. The molecule has 0 bridgehead atoms. The van der Waals surface area contributed by atoms with E-state index in [2.05, 4.69) is 27.1 Å². The smallest absolute Gasteiger partial charge is 0.101 e. The minimum atomic E-state index is 0.537. The normalized spacial score (nSPS) is 9.93. The molecule has 1 aromatic heterocycles. The van der Waals surface area contributed by atoms with E-state index in [9.17, 15) is 0 Å². The van der Waals surface area contributed by atoms with E-state index in [0.717, 1.165) is 4.47 Å². The van der Waals surface area contributed by atoms with Crippen LogP contribution in [0.15, 0.2) is 35.1 Å². The van der Waals surface area contributed by atoms with E-state index in [0.29, 0.717) is 16.3 Å². The Hall–Kier alpha value is -1.31. The molecule has 0 spiro atoms. The van der Waals surface area contributed by atoms with Gasteiger partial charge < -0.3 is 0 Å². The monoisotopic (exact) mass is 281 g/mol. The number of hydrogen-bond acceptors (Lipinski definition) is 2. The number of benzene rings is 1. The van der Waals surface area contributed by atoms with E-state index in [4.69, 9.17) is 16.9 Å². The van der Waals surface area contributed by atoms with E-state index in [1.807, 2.05) is 0 Å². The van der Waals surface area contributed by atoms with Gasteiger partial charge in [-0.1, -0.05) is 11.6 Å². The summed E-state index contributed by atoms with van der Waals surface area (Å²) in [6, 6.07) is 7.16. The van der Waals surface area contributed by atoms with Crippen LogP contribution in [0.3, 0.4) is 0 Å². The summed E-state index contributed by atoms with van der Waals surface area (Å²) in [5.41, 5.74) is 1.21. The van der Waals surface area contributed by atoms with Gasteiger partial charge in [0.1, 0.15) is 6.07 Å². The number of hydrogen-bond donors (Lipinski definition) is 0. The molecule has 0 saturated carbocycles. The van der Waals surface area contributed by atoms with Crippen molar-refractivity contribution in [3.8, 4) is 11.8 Å². The molecule has 0 atom stereocenters. The standard InChI is InChI=1S/C10H5BrClN3/c11-8-5-14-15(6-8)10-3-9(12)2-1-7(10)4-13/h1-3,5-6H. The fourth-order valence-corrected chi connectivity index (χ4v) is 1.67. The van der Waals surface area contributed by atoms with Crippen LogP contribution in [-0.4, -0.2) is 9.78 Å². The minimum Gasteiger partial charge on any atom is -0.238 e. The van der Waals surface area contributed by atoms with Gasteiger partial charge in [-0.25, -0.2) is 4.68 Å². The van der Waals surface area contributed by atoms with Gasteiger partial charge in [0.25, 0.3) is 0 Å². The SMILES string of the molecule is N#Cc1ccc(Cl)cc1-n1cc(Br)cn1. The van der Waals surface area contributed by atoms with Gasteiger partial charge in [0.05, 0.1) is 21.9 Å². The largest absolute Gasteiger partial charge is 0.238 e. The van der Waals surface area contributed by atoms with Gasteiger partial charge in [-0.3, -0.25) is 0 Å². The third kappa shape index (κ3) is 2.04. The lowest BCUT2D eigenvalue weighted by atomic mass is 10.2. The lowest BCUT2D eigenvalue weighted by Crippen LogP contribution is -1.97. The summed E-state index contributed by atoms with van der Waals surface area (Å²) in [5.74, 6) is 0. The lowest BCUT2D eigenvalue weighted by molar-refractivity contribution is 0.877. The molecule has 2 rings (SSSR count). The second-order valence-corrected chi connectivity index (χ2v) is 4.23. The van der Waals surface area contributed by atoms with Crippen molar-refractivity contribution in [2.24, 2.45) is 0 Å². The Labute approximate surface area is 100 Å². The average Bonchev–Trinajstić information content (AvgIpc) is 2.65. The Kier molecular flexibility index (Phi) is 2.76. The summed E-state index contributed by atoms with van der Waals surface area (Å²) in [7, 11) is 0. The zero-order valence-electron chi connectivity index (χ0n) is 7.48. The van der Waals surface area contributed by atoms with E-state index in [1.54, 1.807) is 35.3 Å². The first kappa shape index (κ1) is 10.2. The van der Waals surface area contributed by atoms with Crippen LogP contribution in [-0.2, 0) is 0 Å². The maximum absolute atomic E-state index is 8.93. The summed E-state index contributed by atoms with van der Waals surface area (Å²) >= 11 is 9.16. The second kappa shape index (κ2) is 4.05. The topological polar surface area (TPSA) is 41.6 Å². The predicted molar refractivity (Wildman–Crippen MR) is 61.0 cm³/mol. The first-order valence-electron chi connectivity index (χ1n) is 4.11. The Morgan fingerprint density at radius 2 is 2.27 bits per heavy atom. The van der Waals surface area contributed by atoms with Crippen molar-refractivity contribution >= 4 is 27.5 Å². The molecule has 74 valence electrons. The minimum absolute atomic E-state index is 0.537. The van der Waals surface area contributed by atoms with Crippen molar-refractivity contribution in [2.45, 2.75) is 0 Å². The molecule has 0 N–H and O–H groups in total. The molecule has 1 aromatic carbocycles. The quantitative estimate of drug-likeness (QED) is 0.806. The van der Waals surface area contributed by atoms with Crippen LogP contribution in [0.4, 0.5) is 0 Å². The summed E-state index contributed by atoms with van der Waals surface area (Å²) in [6.45, 7) is 0. The third-order valence-corrected chi connectivity index (χ3v) is 2.52. The lowest BCUT2D eigenvalue weighted by Gasteiger charge is -2.03. The molecule has 0 fully saturated rings. The van der Waals surface area contributed by atoms with Crippen molar-refractivity contribution in [1.82, 2.24) is 9.78 Å². The predicted octanol–water partition coefficient (Wildman–Crippen LogP) is 3.16. The molecular weight excluding hydrogens is 277 g/mol. The van der Waals surface area contributed by atoms with Crippen molar-refractivity contribution in [3.63, 3.8) is 0 Å². The van der Waals surface area contributed by atoms with Gasteiger partial charge in [0.2, 0.25) is 0 Å². The van der Waals surface area contributed by atoms with Crippen LogP contribution in [0.2, 0.25) is 5.02 Å². The fraction of sp³-hybridized carbons (Fsp3) is 0. The van der Waals surface area contributed by atoms with E-state index < -0.39 is 0 Å². The second-order valence-electron chi connectivity index (χ2n) is 2.88. The highest BCUT2D eigenvalue weighted by atomic mass is 79.9. The van der Waals surface area contributed by atoms with Gasteiger partial charge in [-0.2, -0.15) is 10.4 Å². The van der Waals surface area contributed by atoms with E-state index in [-0.39, 0.29) is 0 Å². The van der Waals surface area contributed by atoms with Gasteiger partial charge in [0, 0.05) is 11.2 Å². The summed E-state index contributed by atoms with van der Waals surface area (Å²) in [5, 5.41) is 13.6. The van der Waals surface area contributed by atoms with Gasteiger partial charge >= 0.3 is 0 Å². The van der Waals surface area contributed by atoms with E-state index in [1.165, 1.54) is 0 Å². The number of rotatable bonds is 1. The van der Waals surface area contributed by atoms with Crippen LogP contribution in [0, 0.1) is 11.3 Å². The fourth-order valence-electron chi connectivity index (χ4n) is 1.22. The summed E-state index contributed by atoms with van der Waals surface area (Å²) < 4.78 is 2.46. The van der Waals surface area contributed by atoms with Gasteiger partial charge in [-0.15, -0.1) is 0 Å². The van der Waals surface area contributed by atoms with Crippen molar-refractivity contribution in [2.75, 3.05) is 0 Å². The molecule has 0 aliphatic heterocycles. The molecule has 15 heavy (non-hydrogen) atoms. The Balaban J connectivity index is 2.61. The van der Waals surface area contributed by atoms with Crippen LogP contribution in [0.25, 0.3) is 5.69 Å². The average molecular weight is 283 g/mol. The molecular formula is C10H5BrClN3. The van der Waals surface area contributed by atoms with Crippen LogP contribution in [0.5, 0.6) is 0 Å². The Bertz CT molecular complexity index is 542. The molecule has 0 radical (unpaired) electrons. The molecule has 2 aromatic rings. The number of nitrogens with zero attached hydrogens (tertiary/aromatic N) is 3. The molecule has 3 nitrogen and oxygen atoms in total. The summed E-state index contributed by atoms with van der Waals surface area (Å²) in [6.07, 6.45) is 3.43. The highest BCUT2D eigenvalue weighted by molar-refractivity contribution is 9.10. The van der Waals surface area contributed by atoms with Crippen molar-refractivity contribution in [1.29, 1.82) is 5.26 Å². The van der Waals surface area contributed by atoms with Crippen molar-refractivity contribution in [3.05, 3.63) is 45.7 Å². The van der Waals surface area contributed by atoms with Crippen molar-refractivity contribution < 1.29 is 0 Å². The molecule has 0 unspecified atom stereocenters.